The maximum atomic E-state index is 6.71. The van der Waals surface area contributed by atoms with Gasteiger partial charge in [-0.3, -0.25) is 0 Å². The quantitative estimate of drug-likeness (QED) is 0.125. The van der Waals surface area contributed by atoms with Gasteiger partial charge in [0.05, 0.1) is 0 Å². The molecule has 0 aliphatic rings. The molecule has 63 heavy (non-hydrogen) atoms. The summed E-state index contributed by atoms with van der Waals surface area (Å²) in [6.45, 7) is 3.98. The highest BCUT2D eigenvalue weighted by Crippen LogP contribution is 2.43. The van der Waals surface area contributed by atoms with Crippen LogP contribution in [0.5, 0.6) is 0 Å². The molecule has 0 unspecified atom stereocenters. The minimum absolute atomic E-state index is 0.890. The van der Waals surface area contributed by atoms with Crippen molar-refractivity contribution in [1.82, 2.24) is 0 Å². The second-order valence-corrected chi connectivity index (χ2v) is 16.8. The molecule has 0 bridgehead atoms. The van der Waals surface area contributed by atoms with E-state index < -0.39 is 0 Å². The van der Waals surface area contributed by atoms with Gasteiger partial charge in [-0.25, -0.2) is 0 Å². The number of benzene rings is 12. The standard InChI is InChI=1S/C62H38O/c1-2-3-12-43-33-58-51-19-10-7-15-47(51)48-16-8-11-20-52(48)60(58)36-56(43)44-24-23-39-31-40(21-22-41(39)32-44)42-26-29-54-55-30-27-45(35-62(55)63-61(54)34-42)57-37-59-46-14-5-4-13-38(46)25-28-53(59)49-17-6-9-18-50(49)57/h2-37H,1H2. The van der Waals surface area contributed by atoms with Crippen LogP contribution in [-0.4, -0.2) is 0 Å². The van der Waals surface area contributed by atoms with Crippen LogP contribution in [0.15, 0.2) is 223 Å². The molecule has 0 spiro atoms. The molecule has 0 saturated heterocycles. The molecule has 0 amide bonds. The number of hydrogen-bond acceptors (Lipinski definition) is 1. The molecule has 12 aromatic carbocycles. The van der Waals surface area contributed by atoms with Gasteiger partial charge in [-0.1, -0.05) is 170 Å². The minimum atomic E-state index is 0.890. The first-order valence-corrected chi connectivity index (χ1v) is 21.7. The molecule has 0 fully saturated rings. The van der Waals surface area contributed by atoms with Crippen LogP contribution in [-0.2, 0) is 0 Å². The van der Waals surface area contributed by atoms with Gasteiger partial charge < -0.3 is 4.42 Å². The van der Waals surface area contributed by atoms with Crippen molar-refractivity contribution >= 4 is 103 Å². The van der Waals surface area contributed by atoms with E-state index in [0.29, 0.717) is 0 Å². The van der Waals surface area contributed by atoms with E-state index in [4.69, 9.17) is 4.42 Å². The second kappa shape index (κ2) is 13.9. The first-order chi connectivity index (χ1) is 31.2. The molecular formula is C62H38O. The monoisotopic (exact) mass is 798 g/mol. The third-order valence-electron chi connectivity index (χ3n) is 13.4. The molecule has 0 atom stereocenters. The summed E-state index contributed by atoms with van der Waals surface area (Å²) in [5, 5.41) is 19.8. The molecule has 0 N–H and O–H groups in total. The summed E-state index contributed by atoms with van der Waals surface area (Å²) in [7, 11) is 0. The van der Waals surface area contributed by atoms with Crippen LogP contribution < -0.4 is 0 Å². The fraction of sp³-hybridized carbons (Fsp3) is 0. The summed E-state index contributed by atoms with van der Waals surface area (Å²) in [5.74, 6) is 0. The lowest BCUT2D eigenvalue weighted by Gasteiger charge is -2.15. The van der Waals surface area contributed by atoms with E-state index >= 15 is 0 Å². The zero-order valence-electron chi connectivity index (χ0n) is 34.4. The molecule has 13 aromatic rings. The Kier molecular flexibility index (Phi) is 7.82. The number of hydrogen-bond donors (Lipinski definition) is 0. The molecule has 1 heterocycles. The van der Waals surface area contributed by atoms with Gasteiger partial charge >= 0.3 is 0 Å². The van der Waals surface area contributed by atoms with E-state index in [9.17, 15) is 0 Å². The van der Waals surface area contributed by atoms with Gasteiger partial charge in [-0.15, -0.1) is 0 Å². The zero-order valence-corrected chi connectivity index (χ0v) is 34.4. The molecular weight excluding hydrogens is 761 g/mol. The zero-order chi connectivity index (χ0) is 41.6. The van der Waals surface area contributed by atoms with Crippen molar-refractivity contribution in [2.45, 2.75) is 0 Å². The fourth-order valence-electron chi connectivity index (χ4n) is 10.3. The molecule has 13 rings (SSSR count). The van der Waals surface area contributed by atoms with Gasteiger partial charge in [-0.2, -0.15) is 0 Å². The first kappa shape index (κ1) is 35.5. The molecule has 0 saturated carbocycles. The lowest BCUT2D eigenvalue weighted by Crippen LogP contribution is -1.89. The largest absolute Gasteiger partial charge is 0.456 e. The molecule has 1 aromatic heterocycles. The van der Waals surface area contributed by atoms with Gasteiger partial charge in [0.2, 0.25) is 0 Å². The molecule has 0 aliphatic carbocycles. The Bertz CT molecular complexity index is 4100. The van der Waals surface area contributed by atoms with E-state index in [2.05, 4.69) is 213 Å². The third-order valence-corrected chi connectivity index (χ3v) is 13.4. The van der Waals surface area contributed by atoms with E-state index in [-0.39, 0.29) is 0 Å². The molecule has 1 heteroatoms. The predicted octanol–water partition coefficient (Wildman–Crippen LogP) is 17.9. The summed E-state index contributed by atoms with van der Waals surface area (Å²) >= 11 is 0. The fourth-order valence-corrected chi connectivity index (χ4v) is 10.3. The van der Waals surface area contributed by atoms with Gasteiger partial charge in [-0.05, 0) is 169 Å². The summed E-state index contributed by atoms with van der Waals surface area (Å²) < 4.78 is 6.71. The average Bonchev–Trinajstić information content (AvgIpc) is 3.72. The van der Waals surface area contributed by atoms with E-state index in [0.717, 1.165) is 38.6 Å². The number of allylic oxidation sites excluding steroid dienone is 2. The third kappa shape index (κ3) is 5.57. The Morgan fingerprint density at radius 2 is 0.730 bits per heavy atom. The lowest BCUT2D eigenvalue weighted by molar-refractivity contribution is 0.669. The topological polar surface area (TPSA) is 13.1 Å². The summed E-state index contributed by atoms with van der Waals surface area (Å²) in [6.07, 6.45) is 6.07. The van der Waals surface area contributed by atoms with Gasteiger partial charge in [0, 0.05) is 10.8 Å². The smallest absolute Gasteiger partial charge is 0.136 e. The molecule has 0 aliphatic heterocycles. The second-order valence-electron chi connectivity index (χ2n) is 16.8. The Hall–Kier alpha value is -8.26. The number of fused-ring (bicyclic) bond motifs is 15. The SMILES string of the molecule is C=CC=Cc1cc2c3ccccc3c3ccccc3c2cc1-c1ccc2cc(-c3ccc4c(c3)oc3cc(-c5cc6c7ccccc7ccc6c6ccccc56)ccc34)ccc2c1. The Balaban J connectivity index is 0.889. The summed E-state index contributed by atoms with van der Waals surface area (Å²) in [5.41, 5.74) is 9.99. The van der Waals surface area contributed by atoms with Crippen LogP contribution in [0.2, 0.25) is 0 Å². The van der Waals surface area contributed by atoms with Crippen LogP contribution in [0.25, 0.3) is 137 Å². The van der Waals surface area contributed by atoms with E-state index in [1.165, 1.54) is 97.7 Å². The van der Waals surface area contributed by atoms with Crippen molar-refractivity contribution in [3.05, 3.63) is 224 Å². The van der Waals surface area contributed by atoms with Crippen LogP contribution in [0.3, 0.4) is 0 Å². The number of furan rings is 1. The van der Waals surface area contributed by atoms with Crippen LogP contribution in [0, 0.1) is 0 Å². The van der Waals surface area contributed by atoms with Crippen molar-refractivity contribution in [1.29, 1.82) is 0 Å². The highest BCUT2D eigenvalue weighted by atomic mass is 16.3. The predicted molar refractivity (Wildman–Crippen MR) is 272 cm³/mol. The molecule has 292 valence electrons. The summed E-state index contributed by atoms with van der Waals surface area (Å²) in [4.78, 5) is 0. The van der Waals surface area contributed by atoms with Crippen LogP contribution in [0.1, 0.15) is 5.56 Å². The minimum Gasteiger partial charge on any atom is -0.456 e. The van der Waals surface area contributed by atoms with Crippen molar-refractivity contribution < 1.29 is 4.42 Å². The van der Waals surface area contributed by atoms with Crippen LogP contribution in [0.4, 0.5) is 0 Å². The summed E-state index contributed by atoms with van der Waals surface area (Å²) in [6, 6.07) is 73.6. The van der Waals surface area contributed by atoms with Crippen molar-refractivity contribution in [2.75, 3.05) is 0 Å². The molecule has 1 nitrogen and oxygen atoms in total. The highest BCUT2D eigenvalue weighted by molar-refractivity contribution is 6.26. The normalized spacial score (nSPS) is 12.1. The average molecular weight is 799 g/mol. The Labute approximate surface area is 364 Å². The Morgan fingerprint density at radius 3 is 1.43 bits per heavy atom. The molecule has 0 radical (unpaired) electrons. The van der Waals surface area contributed by atoms with E-state index in [1.54, 1.807) is 0 Å². The van der Waals surface area contributed by atoms with Crippen molar-refractivity contribution in [3.63, 3.8) is 0 Å². The first-order valence-electron chi connectivity index (χ1n) is 21.7. The van der Waals surface area contributed by atoms with Gasteiger partial charge in [0.15, 0.2) is 0 Å². The highest BCUT2D eigenvalue weighted by Gasteiger charge is 2.16. The van der Waals surface area contributed by atoms with Crippen molar-refractivity contribution in [3.8, 4) is 33.4 Å². The maximum Gasteiger partial charge on any atom is 0.136 e. The van der Waals surface area contributed by atoms with Gasteiger partial charge in [0.1, 0.15) is 11.2 Å². The number of rotatable bonds is 5. The van der Waals surface area contributed by atoms with E-state index in [1.807, 2.05) is 12.2 Å². The van der Waals surface area contributed by atoms with Crippen LogP contribution >= 0.6 is 0 Å². The van der Waals surface area contributed by atoms with Gasteiger partial charge in [0.25, 0.3) is 0 Å². The maximum absolute atomic E-state index is 6.71. The van der Waals surface area contributed by atoms with Crippen molar-refractivity contribution in [2.24, 2.45) is 0 Å². The lowest BCUT2D eigenvalue weighted by atomic mass is 9.88. The Morgan fingerprint density at radius 1 is 0.302 bits per heavy atom.